The summed E-state index contributed by atoms with van der Waals surface area (Å²) in [6.45, 7) is 2.37. The van der Waals surface area contributed by atoms with E-state index in [0.29, 0.717) is 16.6 Å². The van der Waals surface area contributed by atoms with Gasteiger partial charge < -0.3 is 10.1 Å². The van der Waals surface area contributed by atoms with E-state index in [1.54, 1.807) is 6.92 Å². The Balaban J connectivity index is 1.44. The van der Waals surface area contributed by atoms with Gasteiger partial charge in [-0.25, -0.2) is 32.8 Å². The molecule has 3 aromatic rings. The maximum atomic E-state index is 15.1. The number of aliphatic imine (C=N–C) groups is 1. The Morgan fingerprint density at radius 3 is 2.83 bits per heavy atom. The quantitative estimate of drug-likeness (QED) is 0.568. The van der Waals surface area contributed by atoms with E-state index in [2.05, 4.69) is 30.4 Å². The van der Waals surface area contributed by atoms with Crippen molar-refractivity contribution in [3.05, 3.63) is 60.3 Å². The van der Waals surface area contributed by atoms with Gasteiger partial charge in [-0.3, -0.25) is 9.79 Å². The number of carbonyl (C=O) groups is 1. The number of thioether (sulfide) groups is 1. The van der Waals surface area contributed by atoms with E-state index >= 15 is 4.39 Å². The molecule has 0 bridgehead atoms. The molecule has 35 heavy (non-hydrogen) atoms. The number of alkyl halides is 2. The first-order chi connectivity index (χ1) is 16.7. The molecule has 1 unspecified atom stereocenters. The Morgan fingerprint density at radius 1 is 1.31 bits per heavy atom. The van der Waals surface area contributed by atoms with Crippen LogP contribution in [0.2, 0.25) is 0 Å². The molecule has 4 heterocycles. The third kappa shape index (κ3) is 4.29. The van der Waals surface area contributed by atoms with Crippen LogP contribution >= 0.6 is 11.8 Å². The van der Waals surface area contributed by atoms with Gasteiger partial charge in [-0.05, 0) is 25.1 Å². The second-order valence-corrected chi connectivity index (χ2v) is 9.62. The lowest BCUT2D eigenvalue weighted by atomic mass is 9.77. The van der Waals surface area contributed by atoms with Crippen LogP contribution in [0.1, 0.15) is 29.9 Å². The Bertz CT molecular complexity index is 1280. The SMILES string of the molecule is CC1=N[C@@]2(c3cc(NC(=O)c4cnc(-n5cncn5)cn4)ccc3F)COC(C(C)(F)F)[C@H]2CS1. The topological polar surface area (TPSA) is 107 Å². The number of amides is 1. The minimum Gasteiger partial charge on any atom is -0.369 e. The summed E-state index contributed by atoms with van der Waals surface area (Å²) >= 11 is 1.34. The maximum absolute atomic E-state index is 15.1. The molecule has 2 aliphatic heterocycles. The fraction of sp³-hybridized carbons (Fsp3) is 0.364. The number of hydrogen-bond acceptors (Lipinski definition) is 8. The fourth-order valence-electron chi connectivity index (χ4n) is 4.41. The summed E-state index contributed by atoms with van der Waals surface area (Å²) in [7, 11) is 0. The van der Waals surface area contributed by atoms with Crippen LogP contribution in [0, 0.1) is 11.7 Å². The van der Waals surface area contributed by atoms with Crippen molar-refractivity contribution in [1.82, 2.24) is 24.7 Å². The van der Waals surface area contributed by atoms with Gasteiger partial charge in [0.15, 0.2) is 5.82 Å². The normalized spacial score (nSPS) is 24.1. The summed E-state index contributed by atoms with van der Waals surface area (Å²) in [5.74, 6) is -4.36. The van der Waals surface area contributed by atoms with Crippen LogP contribution in [-0.2, 0) is 10.3 Å². The first-order valence-electron chi connectivity index (χ1n) is 10.6. The van der Waals surface area contributed by atoms with Crippen molar-refractivity contribution in [3.8, 4) is 5.82 Å². The van der Waals surface area contributed by atoms with Crippen molar-refractivity contribution < 1.29 is 22.7 Å². The Kier molecular flexibility index (Phi) is 5.83. The maximum Gasteiger partial charge on any atom is 0.275 e. The van der Waals surface area contributed by atoms with Crippen LogP contribution in [-0.4, -0.2) is 60.1 Å². The molecule has 1 aromatic carbocycles. The van der Waals surface area contributed by atoms with Crippen LogP contribution in [0.15, 0.2) is 48.2 Å². The molecule has 5 rings (SSSR count). The molecular formula is C22H20F3N7O2S. The standard InChI is InChI=1S/C22H20F3N7O2S/c1-12-31-22(9-34-19(21(2,24)25)15(22)8-35-12)14-5-13(3-4-16(14)23)30-20(33)17-6-28-18(7-27-17)32-11-26-10-29-32/h3-7,10-11,15,19H,8-9H2,1-2H3,(H,30,33)/t15-,19?,22-/m1/s1. The number of rotatable bonds is 5. The molecule has 182 valence electrons. The number of benzene rings is 1. The molecule has 9 nitrogen and oxygen atoms in total. The van der Waals surface area contributed by atoms with E-state index in [1.165, 1.54) is 59.7 Å². The van der Waals surface area contributed by atoms with Gasteiger partial charge in [0.25, 0.3) is 11.8 Å². The van der Waals surface area contributed by atoms with Crippen molar-refractivity contribution in [2.45, 2.75) is 31.4 Å². The molecule has 2 aliphatic rings. The van der Waals surface area contributed by atoms with Gasteiger partial charge >= 0.3 is 0 Å². The van der Waals surface area contributed by atoms with Gasteiger partial charge in [-0.1, -0.05) is 0 Å². The summed E-state index contributed by atoms with van der Waals surface area (Å²) in [5.41, 5.74) is -0.934. The molecular weight excluding hydrogens is 483 g/mol. The number of hydrogen-bond donors (Lipinski definition) is 1. The van der Waals surface area contributed by atoms with Crippen LogP contribution in [0.4, 0.5) is 18.9 Å². The Hall–Kier alpha value is -3.32. The molecule has 0 radical (unpaired) electrons. The Morgan fingerprint density at radius 2 is 2.14 bits per heavy atom. The lowest BCUT2D eigenvalue weighted by molar-refractivity contribution is -0.113. The smallest absolute Gasteiger partial charge is 0.275 e. The predicted octanol–water partition coefficient (Wildman–Crippen LogP) is 3.48. The van der Waals surface area contributed by atoms with Crippen LogP contribution in [0.25, 0.3) is 5.82 Å². The van der Waals surface area contributed by atoms with E-state index in [4.69, 9.17) is 4.74 Å². The second-order valence-electron chi connectivity index (χ2n) is 8.41. The van der Waals surface area contributed by atoms with Gasteiger partial charge in [0.2, 0.25) is 0 Å². The van der Waals surface area contributed by atoms with Crippen molar-refractivity contribution in [2.24, 2.45) is 10.9 Å². The molecule has 0 spiro atoms. The highest BCUT2D eigenvalue weighted by molar-refractivity contribution is 8.13. The number of halogens is 3. The first kappa shape index (κ1) is 23.4. The zero-order chi connectivity index (χ0) is 24.8. The minimum atomic E-state index is -3.12. The number of ether oxygens (including phenoxy) is 1. The monoisotopic (exact) mass is 503 g/mol. The highest BCUT2D eigenvalue weighted by Gasteiger charge is 2.59. The highest BCUT2D eigenvalue weighted by atomic mass is 32.2. The number of nitrogens with zero attached hydrogens (tertiary/aromatic N) is 6. The molecule has 0 saturated carbocycles. The lowest BCUT2D eigenvalue weighted by Crippen LogP contribution is -2.45. The molecule has 1 amide bonds. The van der Waals surface area contributed by atoms with Crippen LogP contribution in [0.3, 0.4) is 0 Å². The molecule has 2 aromatic heterocycles. The van der Waals surface area contributed by atoms with Gasteiger partial charge in [-0.2, -0.15) is 5.10 Å². The number of aromatic nitrogens is 5. The fourth-order valence-corrected chi connectivity index (χ4v) is 5.50. The third-order valence-corrected chi connectivity index (χ3v) is 7.04. The van der Waals surface area contributed by atoms with E-state index in [-0.39, 0.29) is 23.6 Å². The highest BCUT2D eigenvalue weighted by Crippen LogP contribution is 2.52. The first-order valence-corrected chi connectivity index (χ1v) is 11.6. The number of fused-ring (bicyclic) bond motifs is 1. The molecule has 13 heteroatoms. The zero-order valence-electron chi connectivity index (χ0n) is 18.7. The molecule has 1 N–H and O–H groups in total. The largest absolute Gasteiger partial charge is 0.369 e. The average molecular weight is 504 g/mol. The summed E-state index contributed by atoms with van der Waals surface area (Å²) in [5, 5.41) is 7.26. The van der Waals surface area contributed by atoms with E-state index in [1.807, 2.05) is 0 Å². The average Bonchev–Trinajstić information content (AvgIpc) is 3.48. The van der Waals surface area contributed by atoms with Crippen molar-refractivity contribution in [2.75, 3.05) is 17.7 Å². The van der Waals surface area contributed by atoms with Gasteiger partial charge in [-0.15, -0.1) is 11.8 Å². The summed E-state index contributed by atoms with van der Waals surface area (Å²) < 4.78 is 50.6. The van der Waals surface area contributed by atoms with Gasteiger partial charge in [0.1, 0.15) is 35.8 Å². The van der Waals surface area contributed by atoms with E-state index in [9.17, 15) is 13.6 Å². The molecule has 1 fully saturated rings. The molecule has 1 saturated heterocycles. The molecule has 0 aliphatic carbocycles. The second kappa shape index (κ2) is 8.72. The number of nitrogens with one attached hydrogen (secondary N) is 1. The summed E-state index contributed by atoms with van der Waals surface area (Å²) in [4.78, 5) is 29.4. The van der Waals surface area contributed by atoms with Crippen molar-refractivity contribution >= 4 is 28.4 Å². The predicted molar refractivity (Wildman–Crippen MR) is 122 cm³/mol. The Labute approximate surface area is 202 Å². The zero-order valence-corrected chi connectivity index (χ0v) is 19.5. The molecule has 3 atom stereocenters. The van der Waals surface area contributed by atoms with Gasteiger partial charge in [0, 0.05) is 29.8 Å². The van der Waals surface area contributed by atoms with Crippen molar-refractivity contribution in [1.29, 1.82) is 0 Å². The minimum absolute atomic E-state index is 0.0219. The lowest BCUT2D eigenvalue weighted by Gasteiger charge is -2.37. The van der Waals surface area contributed by atoms with E-state index in [0.717, 1.165) is 6.92 Å². The van der Waals surface area contributed by atoms with Gasteiger partial charge in [0.05, 0.1) is 24.0 Å². The van der Waals surface area contributed by atoms with Crippen LogP contribution < -0.4 is 5.32 Å². The third-order valence-electron chi connectivity index (χ3n) is 6.01. The number of anilines is 1. The number of carbonyl (C=O) groups excluding carboxylic acids is 1. The summed E-state index contributed by atoms with van der Waals surface area (Å²) in [6, 6.07) is 3.99. The summed E-state index contributed by atoms with van der Waals surface area (Å²) in [6.07, 6.45) is 4.02. The van der Waals surface area contributed by atoms with E-state index < -0.39 is 35.2 Å². The van der Waals surface area contributed by atoms with Crippen LogP contribution in [0.5, 0.6) is 0 Å². The van der Waals surface area contributed by atoms with Crippen molar-refractivity contribution in [3.63, 3.8) is 0 Å².